The topological polar surface area (TPSA) is 74.0 Å². The first-order chi connectivity index (χ1) is 17.0. The van der Waals surface area contributed by atoms with Crippen molar-refractivity contribution in [2.75, 3.05) is 13.1 Å². The lowest BCUT2D eigenvalue weighted by molar-refractivity contribution is 0.240. The molecular formula is C26H21BrFN5OS. The van der Waals surface area contributed by atoms with Crippen LogP contribution in [0.5, 0.6) is 0 Å². The molecule has 5 rings (SSSR count). The Morgan fingerprint density at radius 3 is 2.97 bits per heavy atom. The molecule has 0 unspecified atom stereocenters. The van der Waals surface area contributed by atoms with E-state index in [0.717, 1.165) is 39.7 Å². The van der Waals surface area contributed by atoms with E-state index < -0.39 is 5.95 Å². The first-order valence-corrected chi connectivity index (χ1v) is 12.8. The van der Waals surface area contributed by atoms with Crippen LogP contribution in [-0.4, -0.2) is 33.6 Å². The molecule has 0 saturated carbocycles. The van der Waals surface area contributed by atoms with Crippen molar-refractivity contribution in [3.05, 3.63) is 91.7 Å². The Kier molecular flexibility index (Phi) is 6.77. The zero-order valence-electron chi connectivity index (χ0n) is 18.7. The van der Waals surface area contributed by atoms with Crippen molar-refractivity contribution < 1.29 is 9.18 Å². The molecule has 0 bridgehead atoms. The Bertz CT molecular complexity index is 1480. The molecule has 1 amide bonds. The third kappa shape index (κ3) is 5.05. The number of thiophene rings is 1. The van der Waals surface area contributed by atoms with Crippen molar-refractivity contribution in [2.24, 2.45) is 0 Å². The lowest BCUT2D eigenvalue weighted by Crippen LogP contribution is -2.34. The Morgan fingerprint density at radius 2 is 2.20 bits per heavy atom. The van der Waals surface area contributed by atoms with Crippen molar-refractivity contribution >= 4 is 50.3 Å². The number of hydrogen-bond acceptors (Lipinski definition) is 5. The van der Waals surface area contributed by atoms with E-state index >= 15 is 0 Å². The van der Waals surface area contributed by atoms with Crippen LogP contribution < -0.4 is 5.32 Å². The fourth-order valence-electron chi connectivity index (χ4n) is 4.41. The highest BCUT2D eigenvalue weighted by atomic mass is 79.9. The van der Waals surface area contributed by atoms with Crippen molar-refractivity contribution in [2.45, 2.75) is 19.5 Å². The predicted molar refractivity (Wildman–Crippen MR) is 139 cm³/mol. The maximum absolute atomic E-state index is 13.4. The van der Waals surface area contributed by atoms with Gasteiger partial charge in [-0.25, -0.2) is 9.78 Å². The third-order valence-corrected chi connectivity index (χ3v) is 7.69. The summed E-state index contributed by atoms with van der Waals surface area (Å²) in [5.41, 5.74) is 3.99. The van der Waals surface area contributed by atoms with Crippen LogP contribution in [0.1, 0.15) is 27.3 Å². The smallest absolute Gasteiger partial charge is 0.326 e. The van der Waals surface area contributed by atoms with Crippen LogP contribution in [0.3, 0.4) is 0 Å². The molecule has 3 aromatic heterocycles. The fourth-order valence-corrected chi connectivity index (χ4v) is 5.78. The van der Waals surface area contributed by atoms with Crippen LogP contribution in [0.15, 0.2) is 58.5 Å². The van der Waals surface area contributed by atoms with E-state index in [4.69, 9.17) is 0 Å². The van der Waals surface area contributed by atoms with Gasteiger partial charge in [-0.2, -0.15) is 9.65 Å². The number of hydrogen-bond donors (Lipinski definition) is 1. The Balaban J connectivity index is 1.40. The quantitative estimate of drug-likeness (QED) is 0.324. The summed E-state index contributed by atoms with van der Waals surface area (Å²) < 4.78 is 16.2. The van der Waals surface area contributed by atoms with E-state index in [1.54, 1.807) is 28.0 Å². The highest BCUT2D eigenvalue weighted by molar-refractivity contribution is 9.10. The lowest BCUT2D eigenvalue weighted by atomic mass is 10.0. The molecular weight excluding hydrogens is 529 g/mol. The zero-order chi connectivity index (χ0) is 24.4. The molecule has 0 radical (unpaired) electrons. The molecule has 1 aromatic carbocycles. The van der Waals surface area contributed by atoms with Crippen molar-refractivity contribution in [3.63, 3.8) is 0 Å². The van der Waals surface area contributed by atoms with Gasteiger partial charge < -0.3 is 5.32 Å². The van der Waals surface area contributed by atoms with Gasteiger partial charge >= 0.3 is 6.03 Å². The minimum Gasteiger partial charge on any atom is -0.333 e. The fraction of sp³-hybridized carbons (Fsp3) is 0.192. The molecule has 0 aliphatic carbocycles. The van der Waals surface area contributed by atoms with Gasteiger partial charge in [-0.05, 0) is 69.5 Å². The largest absolute Gasteiger partial charge is 0.333 e. The standard InChI is InChI=1S/C26H21BrFN5OS/c27-19-12-20(35-16-19)2-1-8-32-9-6-24-22(15-32)21-10-17(13-29)3-4-23(21)33(24)26(34)31-14-18-5-7-30-25(28)11-18/h1-5,7,10-12,16H,6,8-9,14-15H2,(H,31,34)/b2-1+. The number of nitrogens with one attached hydrogen (secondary N) is 1. The molecule has 0 spiro atoms. The minimum atomic E-state index is -0.578. The average Bonchev–Trinajstić information content (AvgIpc) is 3.42. The number of fused-ring (bicyclic) bond motifs is 3. The molecule has 0 saturated heterocycles. The molecule has 9 heteroatoms. The second-order valence-electron chi connectivity index (χ2n) is 8.30. The Morgan fingerprint density at radius 1 is 1.31 bits per heavy atom. The maximum atomic E-state index is 13.4. The van der Waals surface area contributed by atoms with Crippen molar-refractivity contribution in [1.29, 1.82) is 5.26 Å². The first-order valence-electron chi connectivity index (χ1n) is 11.1. The van der Waals surface area contributed by atoms with Gasteiger partial charge in [0.1, 0.15) is 0 Å². The number of amides is 1. The number of carbonyl (C=O) groups excluding carboxylic acids is 1. The molecule has 4 heterocycles. The number of carbonyl (C=O) groups is 1. The van der Waals surface area contributed by atoms with E-state index in [1.807, 2.05) is 12.1 Å². The molecule has 4 aromatic rings. The molecule has 1 aliphatic heterocycles. The maximum Gasteiger partial charge on any atom is 0.326 e. The number of nitrogens with zero attached hydrogens (tertiary/aromatic N) is 4. The van der Waals surface area contributed by atoms with Gasteiger partial charge in [-0.15, -0.1) is 11.3 Å². The summed E-state index contributed by atoms with van der Waals surface area (Å²) in [6, 6.07) is 12.4. The lowest BCUT2D eigenvalue weighted by Gasteiger charge is -2.27. The van der Waals surface area contributed by atoms with Gasteiger partial charge in [0.2, 0.25) is 5.95 Å². The Hall–Kier alpha value is -3.32. The number of benzene rings is 1. The summed E-state index contributed by atoms with van der Waals surface area (Å²) in [7, 11) is 0. The molecule has 1 aliphatic rings. The van der Waals surface area contributed by atoms with Crippen LogP contribution in [0.4, 0.5) is 9.18 Å². The van der Waals surface area contributed by atoms with E-state index in [1.165, 1.54) is 17.1 Å². The summed E-state index contributed by atoms with van der Waals surface area (Å²) in [6.45, 7) is 2.49. The second kappa shape index (κ2) is 10.1. The van der Waals surface area contributed by atoms with Crippen LogP contribution in [0.2, 0.25) is 0 Å². The van der Waals surface area contributed by atoms with Crippen molar-refractivity contribution in [3.8, 4) is 6.07 Å². The van der Waals surface area contributed by atoms with E-state index in [2.05, 4.69) is 60.8 Å². The number of rotatable bonds is 5. The third-order valence-electron chi connectivity index (χ3n) is 6.03. The molecule has 0 atom stereocenters. The van der Waals surface area contributed by atoms with Gasteiger partial charge in [0.15, 0.2) is 0 Å². The number of halogens is 2. The number of nitriles is 1. The van der Waals surface area contributed by atoms with Gasteiger partial charge in [-0.1, -0.05) is 6.08 Å². The molecule has 0 fully saturated rings. The number of aromatic nitrogens is 2. The highest BCUT2D eigenvalue weighted by Crippen LogP contribution is 2.32. The van der Waals surface area contributed by atoms with Crippen LogP contribution >= 0.6 is 27.3 Å². The second-order valence-corrected chi connectivity index (χ2v) is 10.2. The summed E-state index contributed by atoms with van der Waals surface area (Å²) in [5, 5.41) is 15.3. The summed E-state index contributed by atoms with van der Waals surface area (Å²) in [4.78, 5) is 20.3. The number of pyridine rings is 1. The van der Waals surface area contributed by atoms with Gasteiger partial charge in [-0.3, -0.25) is 9.47 Å². The monoisotopic (exact) mass is 549 g/mol. The van der Waals surface area contributed by atoms with Crippen molar-refractivity contribution in [1.82, 2.24) is 19.8 Å². The first kappa shape index (κ1) is 23.4. The van der Waals surface area contributed by atoms with Crippen LogP contribution in [-0.2, 0) is 19.5 Å². The summed E-state index contributed by atoms with van der Waals surface area (Å²) in [6.07, 6.45) is 6.37. The van der Waals surface area contributed by atoms with Gasteiger partial charge in [0.25, 0.3) is 0 Å². The molecule has 35 heavy (non-hydrogen) atoms. The van der Waals surface area contributed by atoms with E-state index in [0.29, 0.717) is 24.1 Å². The summed E-state index contributed by atoms with van der Waals surface area (Å²) >= 11 is 5.17. The zero-order valence-corrected chi connectivity index (χ0v) is 21.1. The normalized spacial score (nSPS) is 13.7. The van der Waals surface area contributed by atoms with Gasteiger partial charge in [0, 0.05) is 64.6 Å². The Labute approximate surface area is 214 Å². The SMILES string of the molecule is N#Cc1ccc2c(c1)c1c(n2C(=O)NCc2ccnc(F)c2)CCN(C/C=C/c2cc(Br)cs2)C1. The highest BCUT2D eigenvalue weighted by Gasteiger charge is 2.26. The van der Waals surface area contributed by atoms with Crippen LogP contribution in [0.25, 0.3) is 17.0 Å². The summed E-state index contributed by atoms with van der Waals surface area (Å²) in [5.74, 6) is -0.578. The average molecular weight is 550 g/mol. The molecule has 6 nitrogen and oxygen atoms in total. The van der Waals surface area contributed by atoms with Crippen LogP contribution in [0, 0.1) is 17.3 Å². The van der Waals surface area contributed by atoms with Gasteiger partial charge in [0.05, 0.1) is 17.1 Å². The molecule has 1 N–H and O–H groups in total. The van der Waals surface area contributed by atoms with E-state index in [9.17, 15) is 14.4 Å². The molecule has 176 valence electrons. The predicted octanol–water partition coefficient (Wildman–Crippen LogP) is 5.70. The van der Waals surface area contributed by atoms with E-state index in [-0.39, 0.29) is 12.6 Å². The minimum absolute atomic E-state index is 0.193.